The van der Waals surface area contributed by atoms with Crippen molar-refractivity contribution in [3.05, 3.63) is 18.2 Å². The quantitative estimate of drug-likeness (QED) is 0.294. The first-order chi connectivity index (χ1) is 15.7. The second kappa shape index (κ2) is 9.67. The first kappa shape index (κ1) is 31.4. The van der Waals surface area contributed by atoms with Crippen LogP contribution >= 0.6 is 0 Å². The topological polar surface area (TPSA) is 27.7 Å². The molecule has 21 heteroatoms. The Bertz CT molecular complexity index is 763. The normalized spacial score (nSPS) is 16.8. The zero-order chi connectivity index (χ0) is 28.7. The van der Waals surface area contributed by atoms with Crippen molar-refractivity contribution in [2.45, 2.75) is 55.4 Å². The molecule has 0 saturated carbocycles. The average Bonchev–Trinajstić information content (AvgIpc) is 2.62. The summed E-state index contributed by atoms with van der Waals surface area (Å²) in [6.07, 6.45) is -53.1. The average molecular weight is 575 g/mol. The van der Waals surface area contributed by atoms with Crippen molar-refractivity contribution in [2.75, 3.05) is 0 Å². The van der Waals surface area contributed by atoms with Crippen LogP contribution in [0.15, 0.2) is 12.1 Å². The predicted octanol–water partition coefficient (Wildman–Crippen LogP) is 7.10. The number of ether oxygens (including phenoxy) is 3. The van der Waals surface area contributed by atoms with Gasteiger partial charge < -0.3 is 14.2 Å². The summed E-state index contributed by atoms with van der Waals surface area (Å²) in [6, 6.07) is -0.389. The second-order valence-electron chi connectivity index (χ2n) is 6.25. The highest BCUT2D eigenvalue weighted by molar-refractivity contribution is 5.41. The molecule has 0 aliphatic carbocycles. The van der Waals surface area contributed by atoms with Gasteiger partial charge in [0.2, 0.25) is 0 Å². The molecule has 3 nitrogen and oxygen atoms in total. The van der Waals surface area contributed by atoms with Gasteiger partial charge in [0.1, 0.15) is 17.2 Å². The molecule has 0 aliphatic rings. The molecule has 1 rings (SSSR count). The van der Waals surface area contributed by atoms with Crippen molar-refractivity contribution < 1.29 is 93.2 Å². The van der Waals surface area contributed by atoms with Crippen molar-refractivity contribution in [3.8, 4) is 17.2 Å². The minimum Gasteiger partial charge on any atom is -0.430 e. The maximum Gasteiger partial charge on any atom is 0.439 e. The van der Waals surface area contributed by atoms with Gasteiger partial charge in [0, 0.05) is 12.1 Å². The number of rotatable bonds is 9. The minimum atomic E-state index is -6.40. The van der Waals surface area contributed by atoms with Gasteiger partial charge in [0.15, 0.2) is 0 Å². The van der Waals surface area contributed by atoms with Gasteiger partial charge in [-0.25, -0.2) is 13.2 Å². The van der Waals surface area contributed by atoms with Crippen molar-refractivity contribution in [3.63, 3.8) is 0 Å². The molecular formula is C15H5F18O3. The van der Waals surface area contributed by atoms with Gasteiger partial charge >= 0.3 is 36.9 Å². The zero-order valence-corrected chi connectivity index (χ0v) is 15.9. The molecule has 1 radical (unpaired) electrons. The number of halogens is 18. The van der Waals surface area contributed by atoms with E-state index in [0.29, 0.717) is 0 Å². The van der Waals surface area contributed by atoms with E-state index in [2.05, 4.69) is 14.2 Å². The van der Waals surface area contributed by atoms with E-state index < -0.39 is 84.8 Å². The van der Waals surface area contributed by atoms with E-state index in [9.17, 15) is 79.0 Å². The largest absolute Gasteiger partial charge is 0.439 e. The Hall–Kier alpha value is -2.64. The molecule has 1 aromatic carbocycles. The van der Waals surface area contributed by atoms with E-state index in [1.54, 1.807) is 0 Å². The van der Waals surface area contributed by atoms with Crippen LogP contribution in [-0.4, -0.2) is 55.4 Å². The number of hydrogen-bond acceptors (Lipinski definition) is 3. The third-order valence-electron chi connectivity index (χ3n) is 3.29. The van der Waals surface area contributed by atoms with E-state index in [-0.39, 0.29) is 0 Å². The van der Waals surface area contributed by atoms with Crippen molar-refractivity contribution in [1.82, 2.24) is 0 Å². The molecular weight excluding hydrogens is 570 g/mol. The lowest BCUT2D eigenvalue weighted by Crippen LogP contribution is -2.46. The molecule has 0 aliphatic heterocycles. The molecule has 0 fully saturated rings. The third kappa shape index (κ3) is 7.93. The van der Waals surface area contributed by atoms with Gasteiger partial charge in [-0.15, -0.1) is 0 Å². The molecule has 0 aromatic heterocycles. The summed E-state index contributed by atoms with van der Waals surface area (Å²) in [7, 11) is 0. The van der Waals surface area contributed by atoms with Crippen LogP contribution in [0.4, 0.5) is 79.0 Å². The SMILES string of the molecule is FC(C(F)(F)F)C(F)(F)Oc1[c]c(OC(F)(F)C(F)C(F)(F)F)cc(OC(F)(F)C(F)C(F)(F)F)c1. The van der Waals surface area contributed by atoms with Crippen LogP contribution in [-0.2, 0) is 0 Å². The lowest BCUT2D eigenvalue weighted by molar-refractivity contribution is -0.306. The fourth-order valence-corrected chi connectivity index (χ4v) is 1.84. The molecule has 0 heterocycles. The molecule has 0 spiro atoms. The van der Waals surface area contributed by atoms with Gasteiger partial charge in [-0.2, -0.15) is 65.9 Å². The van der Waals surface area contributed by atoms with Crippen LogP contribution in [0.3, 0.4) is 0 Å². The van der Waals surface area contributed by atoms with Crippen molar-refractivity contribution in [2.24, 2.45) is 0 Å². The first-order valence-corrected chi connectivity index (χ1v) is 8.10. The lowest BCUT2D eigenvalue weighted by Gasteiger charge is -2.26. The van der Waals surface area contributed by atoms with E-state index in [0.717, 1.165) is 6.07 Å². The lowest BCUT2D eigenvalue weighted by atomic mass is 10.2. The van der Waals surface area contributed by atoms with Gasteiger partial charge in [-0.05, 0) is 0 Å². The maximum atomic E-state index is 13.4. The van der Waals surface area contributed by atoms with Gasteiger partial charge in [0.05, 0.1) is 6.07 Å². The fraction of sp³-hybridized carbons (Fsp3) is 0.600. The summed E-state index contributed by atoms with van der Waals surface area (Å²) in [5.74, 6) is -6.83. The molecule has 0 amide bonds. The van der Waals surface area contributed by atoms with Crippen LogP contribution in [0.25, 0.3) is 0 Å². The summed E-state index contributed by atoms with van der Waals surface area (Å²) in [4.78, 5) is 0. The zero-order valence-electron chi connectivity index (χ0n) is 15.9. The second-order valence-corrected chi connectivity index (χ2v) is 6.25. The molecule has 1 aromatic rings. The standard InChI is InChI=1S/C15H5F18O3/c16-7(10(19,20)21)13(28,29)34-4-1-5(35-14(30,31)8(17)11(22,23)24)3-6(2-4)36-15(32,33)9(18)12(25,26)27/h1-2,7-9H. The summed E-state index contributed by atoms with van der Waals surface area (Å²) < 4.78 is 238. The third-order valence-corrected chi connectivity index (χ3v) is 3.29. The molecule has 36 heavy (non-hydrogen) atoms. The van der Waals surface area contributed by atoms with E-state index in [1.165, 1.54) is 0 Å². The Labute approximate surface area is 185 Å². The number of hydrogen-bond donors (Lipinski definition) is 0. The monoisotopic (exact) mass is 575 g/mol. The number of alkyl halides is 18. The van der Waals surface area contributed by atoms with Gasteiger partial charge in [0.25, 0.3) is 18.5 Å². The Morgan fingerprint density at radius 2 is 0.722 bits per heavy atom. The highest BCUT2D eigenvalue weighted by atomic mass is 19.4. The van der Waals surface area contributed by atoms with E-state index in [4.69, 9.17) is 0 Å². The summed E-state index contributed by atoms with van der Waals surface area (Å²) >= 11 is 0. The molecule has 0 bridgehead atoms. The Morgan fingerprint density at radius 3 is 0.972 bits per heavy atom. The summed E-state index contributed by atoms with van der Waals surface area (Å²) in [5.41, 5.74) is 0. The molecule has 3 atom stereocenters. The highest BCUT2D eigenvalue weighted by Gasteiger charge is 2.61. The summed E-state index contributed by atoms with van der Waals surface area (Å²) in [5, 5.41) is 0. The molecule has 0 N–H and O–H groups in total. The smallest absolute Gasteiger partial charge is 0.430 e. The number of benzene rings is 1. The van der Waals surface area contributed by atoms with Crippen LogP contribution in [0.2, 0.25) is 0 Å². The van der Waals surface area contributed by atoms with Gasteiger partial charge in [-0.1, -0.05) is 0 Å². The Kier molecular flexibility index (Phi) is 8.43. The van der Waals surface area contributed by atoms with Crippen molar-refractivity contribution >= 4 is 0 Å². The molecule has 209 valence electrons. The highest BCUT2D eigenvalue weighted by Crippen LogP contribution is 2.43. The minimum absolute atomic E-state index is 0.615. The van der Waals surface area contributed by atoms with Crippen molar-refractivity contribution in [1.29, 1.82) is 0 Å². The van der Waals surface area contributed by atoms with Crippen LogP contribution < -0.4 is 14.2 Å². The molecule has 0 saturated heterocycles. The Morgan fingerprint density at radius 1 is 0.472 bits per heavy atom. The molecule has 3 unspecified atom stereocenters. The van der Waals surface area contributed by atoms with Crippen LogP contribution in [0.1, 0.15) is 0 Å². The van der Waals surface area contributed by atoms with Gasteiger partial charge in [-0.3, -0.25) is 0 Å². The van der Waals surface area contributed by atoms with Crippen LogP contribution in [0, 0.1) is 6.07 Å². The maximum absolute atomic E-state index is 13.4. The fourth-order valence-electron chi connectivity index (χ4n) is 1.84. The van der Waals surface area contributed by atoms with Crippen LogP contribution in [0.5, 0.6) is 17.2 Å². The summed E-state index contributed by atoms with van der Waals surface area (Å²) in [6.45, 7) is 0. The van der Waals surface area contributed by atoms with E-state index >= 15 is 0 Å². The van der Waals surface area contributed by atoms with E-state index in [1.807, 2.05) is 0 Å². The first-order valence-electron chi connectivity index (χ1n) is 8.10. The Balaban J connectivity index is 3.53. The predicted molar refractivity (Wildman–Crippen MR) is 74.9 cm³/mol.